The predicted molar refractivity (Wildman–Crippen MR) is 91.5 cm³/mol. The zero-order valence-corrected chi connectivity index (χ0v) is 14.5. The quantitative estimate of drug-likeness (QED) is 0.909. The van der Waals surface area contributed by atoms with Gasteiger partial charge in [-0.1, -0.05) is 0 Å². The third-order valence-electron chi connectivity index (χ3n) is 4.36. The van der Waals surface area contributed by atoms with Crippen molar-refractivity contribution in [1.29, 1.82) is 0 Å². The van der Waals surface area contributed by atoms with E-state index >= 15 is 0 Å². The Kier molecular flexibility index (Phi) is 5.07. The van der Waals surface area contributed by atoms with Crippen molar-refractivity contribution in [3.8, 4) is 10.6 Å². The van der Waals surface area contributed by atoms with Gasteiger partial charge in [0.1, 0.15) is 10.7 Å². The van der Waals surface area contributed by atoms with Crippen molar-refractivity contribution >= 4 is 17.2 Å². The zero-order chi connectivity index (χ0) is 16.2. The molecule has 124 valence electrons. The van der Waals surface area contributed by atoms with Crippen LogP contribution in [0.5, 0.6) is 0 Å². The van der Waals surface area contributed by atoms with Crippen molar-refractivity contribution in [3.05, 3.63) is 23.5 Å². The fourth-order valence-electron chi connectivity index (χ4n) is 2.87. The van der Waals surface area contributed by atoms with Crippen LogP contribution >= 0.6 is 11.3 Å². The van der Waals surface area contributed by atoms with Gasteiger partial charge in [0, 0.05) is 30.7 Å². The molecule has 0 bridgehead atoms. The first kappa shape index (κ1) is 16.1. The van der Waals surface area contributed by atoms with Crippen LogP contribution in [0, 0.1) is 5.92 Å². The number of nitrogens with one attached hydrogen (secondary N) is 1. The molecule has 0 spiro atoms. The molecule has 6 nitrogen and oxygen atoms in total. The Balaban J connectivity index is 1.48. The number of rotatable bonds is 5. The highest BCUT2D eigenvalue weighted by molar-refractivity contribution is 7.13. The van der Waals surface area contributed by atoms with Crippen molar-refractivity contribution in [2.45, 2.75) is 19.3 Å². The van der Waals surface area contributed by atoms with Crippen LogP contribution in [-0.4, -0.2) is 52.3 Å². The van der Waals surface area contributed by atoms with E-state index in [2.05, 4.69) is 27.3 Å². The maximum Gasteiger partial charge on any atom is 0.270 e. The minimum Gasteiger partial charge on any atom is -0.351 e. The average molecular weight is 333 g/mol. The number of aryl methyl sites for hydroxylation is 1. The van der Waals surface area contributed by atoms with Crippen molar-refractivity contribution in [2.75, 3.05) is 26.7 Å². The molecule has 1 saturated heterocycles. The van der Waals surface area contributed by atoms with Crippen LogP contribution in [-0.2, 0) is 7.05 Å². The number of amides is 1. The SMILES string of the molecule is CN1CCC(CCNC(=O)c2csc(-c3cnn(C)c3)n2)CC1. The van der Waals surface area contributed by atoms with Gasteiger partial charge in [-0.15, -0.1) is 11.3 Å². The molecule has 2 aromatic heterocycles. The van der Waals surface area contributed by atoms with Crippen LogP contribution in [0.1, 0.15) is 29.8 Å². The Morgan fingerprint density at radius 1 is 1.39 bits per heavy atom. The third kappa shape index (κ3) is 4.17. The number of hydrogen-bond donors (Lipinski definition) is 1. The topological polar surface area (TPSA) is 63.1 Å². The van der Waals surface area contributed by atoms with Gasteiger partial charge in [0.05, 0.1) is 6.20 Å². The molecule has 3 heterocycles. The predicted octanol–water partition coefficient (Wildman–Crippen LogP) is 2.01. The molecular weight excluding hydrogens is 310 g/mol. The summed E-state index contributed by atoms with van der Waals surface area (Å²) in [5.41, 5.74) is 1.44. The number of nitrogens with zero attached hydrogens (tertiary/aromatic N) is 4. The Hall–Kier alpha value is -1.73. The molecule has 23 heavy (non-hydrogen) atoms. The van der Waals surface area contributed by atoms with Crippen LogP contribution in [0.3, 0.4) is 0 Å². The van der Waals surface area contributed by atoms with Crippen LogP contribution in [0.15, 0.2) is 17.8 Å². The molecule has 1 aliphatic heterocycles. The number of piperidine rings is 1. The second kappa shape index (κ2) is 7.23. The molecule has 1 amide bonds. The van der Waals surface area contributed by atoms with Crippen LogP contribution in [0.4, 0.5) is 0 Å². The number of carbonyl (C=O) groups is 1. The van der Waals surface area contributed by atoms with E-state index in [9.17, 15) is 4.79 Å². The maximum absolute atomic E-state index is 12.2. The largest absolute Gasteiger partial charge is 0.351 e. The number of hydrogen-bond acceptors (Lipinski definition) is 5. The number of likely N-dealkylation sites (tertiary alicyclic amines) is 1. The lowest BCUT2D eigenvalue weighted by molar-refractivity contribution is 0.0944. The third-order valence-corrected chi connectivity index (χ3v) is 5.26. The summed E-state index contributed by atoms with van der Waals surface area (Å²) in [5.74, 6) is 0.650. The summed E-state index contributed by atoms with van der Waals surface area (Å²) in [6.07, 6.45) is 7.18. The van der Waals surface area contributed by atoms with Gasteiger partial charge in [0.25, 0.3) is 5.91 Å². The minimum atomic E-state index is -0.0793. The lowest BCUT2D eigenvalue weighted by Crippen LogP contribution is -2.32. The fraction of sp³-hybridized carbons (Fsp3) is 0.562. The van der Waals surface area contributed by atoms with Crippen LogP contribution < -0.4 is 5.32 Å². The molecule has 1 fully saturated rings. The van der Waals surface area contributed by atoms with Crippen LogP contribution in [0.2, 0.25) is 0 Å². The van der Waals surface area contributed by atoms with Gasteiger partial charge in [0.15, 0.2) is 0 Å². The van der Waals surface area contributed by atoms with E-state index in [1.165, 1.54) is 37.3 Å². The Labute approximate surface area is 140 Å². The molecular formula is C16H23N5OS. The van der Waals surface area contributed by atoms with Crippen molar-refractivity contribution in [1.82, 2.24) is 25.0 Å². The summed E-state index contributed by atoms with van der Waals surface area (Å²) >= 11 is 1.48. The van der Waals surface area contributed by atoms with E-state index in [4.69, 9.17) is 0 Å². The van der Waals surface area contributed by atoms with Gasteiger partial charge in [0.2, 0.25) is 0 Å². The van der Waals surface area contributed by atoms with Gasteiger partial charge in [-0.2, -0.15) is 5.10 Å². The first-order valence-corrected chi connectivity index (χ1v) is 8.91. The van der Waals surface area contributed by atoms with Gasteiger partial charge < -0.3 is 10.2 Å². The van der Waals surface area contributed by atoms with Gasteiger partial charge >= 0.3 is 0 Å². The zero-order valence-electron chi connectivity index (χ0n) is 13.7. The van der Waals surface area contributed by atoms with Gasteiger partial charge in [-0.05, 0) is 45.3 Å². The van der Waals surface area contributed by atoms with Crippen molar-refractivity contribution < 1.29 is 4.79 Å². The smallest absolute Gasteiger partial charge is 0.270 e. The van der Waals surface area contributed by atoms with E-state index in [1.807, 2.05) is 18.6 Å². The molecule has 7 heteroatoms. The molecule has 0 aliphatic carbocycles. The molecule has 3 rings (SSSR count). The summed E-state index contributed by atoms with van der Waals surface area (Å²) in [5, 5.41) is 9.78. The van der Waals surface area contributed by atoms with Gasteiger partial charge in [-0.3, -0.25) is 9.48 Å². The first-order valence-electron chi connectivity index (χ1n) is 8.03. The van der Waals surface area contributed by atoms with E-state index < -0.39 is 0 Å². The highest BCUT2D eigenvalue weighted by Gasteiger charge is 2.17. The number of carbonyl (C=O) groups excluding carboxylic acids is 1. The Bertz CT molecular complexity index is 657. The fourth-order valence-corrected chi connectivity index (χ4v) is 3.65. The molecule has 0 atom stereocenters. The molecule has 1 aliphatic rings. The molecule has 0 aromatic carbocycles. The molecule has 2 aromatic rings. The monoisotopic (exact) mass is 333 g/mol. The molecule has 0 saturated carbocycles. The summed E-state index contributed by atoms with van der Waals surface area (Å²) in [4.78, 5) is 19.0. The summed E-state index contributed by atoms with van der Waals surface area (Å²) in [6.45, 7) is 3.06. The lowest BCUT2D eigenvalue weighted by atomic mass is 9.94. The summed E-state index contributed by atoms with van der Waals surface area (Å²) in [6, 6.07) is 0. The molecule has 0 unspecified atom stereocenters. The Morgan fingerprint density at radius 2 is 2.17 bits per heavy atom. The Morgan fingerprint density at radius 3 is 2.87 bits per heavy atom. The van der Waals surface area contributed by atoms with Crippen molar-refractivity contribution in [3.63, 3.8) is 0 Å². The second-order valence-electron chi connectivity index (χ2n) is 6.23. The number of thiazole rings is 1. The maximum atomic E-state index is 12.2. The number of aromatic nitrogens is 3. The highest BCUT2D eigenvalue weighted by Crippen LogP contribution is 2.23. The lowest BCUT2D eigenvalue weighted by Gasteiger charge is -2.28. The van der Waals surface area contributed by atoms with E-state index in [0.717, 1.165) is 29.5 Å². The summed E-state index contributed by atoms with van der Waals surface area (Å²) < 4.78 is 1.73. The van der Waals surface area contributed by atoms with Crippen LogP contribution in [0.25, 0.3) is 10.6 Å². The average Bonchev–Trinajstić information content (AvgIpc) is 3.18. The summed E-state index contributed by atoms with van der Waals surface area (Å²) in [7, 11) is 4.04. The molecule has 0 radical (unpaired) electrons. The van der Waals surface area contributed by atoms with E-state index in [-0.39, 0.29) is 5.91 Å². The van der Waals surface area contributed by atoms with Crippen molar-refractivity contribution in [2.24, 2.45) is 13.0 Å². The standard InChI is InChI=1S/C16H23N5OS/c1-20-7-4-12(5-8-20)3-6-17-15(22)14-11-23-16(19-14)13-9-18-21(2)10-13/h9-12H,3-8H2,1-2H3,(H,17,22). The van der Waals surface area contributed by atoms with E-state index in [0.29, 0.717) is 5.69 Å². The molecule has 1 N–H and O–H groups in total. The highest BCUT2D eigenvalue weighted by atomic mass is 32.1. The van der Waals surface area contributed by atoms with Gasteiger partial charge in [-0.25, -0.2) is 4.98 Å². The van der Waals surface area contributed by atoms with E-state index in [1.54, 1.807) is 10.9 Å². The first-order chi connectivity index (χ1) is 11.1. The minimum absolute atomic E-state index is 0.0793. The second-order valence-corrected chi connectivity index (χ2v) is 7.09. The normalized spacial score (nSPS) is 16.6.